The zero-order valence-electron chi connectivity index (χ0n) is 24.7. The maximum absolute atomic E-state index is 5.24. The molecule has 0 radical (unpaired) electrons. The highest BCUT2D eigenvalue weighted by Crippen LogP contribution is 2.53. The largest absolute Gasteiger partial charge is 0.337 e. The fraction of sp³-hybridized carbons (Fsp3) is 0.216. The highest BCUT2D eigenvalue weighted by molar-refractivity contribution is 7.99. The van der Waals surface area contributed by atoms with E-state index < -0.39 is 0 Å². The summed E-state index contributed by atoms with van der Waals surface area (Å²) in [7, 11) is 0. The number of unbranched alkanes of at least 4 members (excludes halogenated alkanes) is 5. The molecular weight excluding hydrogens is 579 g/mol. The van der Waals surface area contributed by atoms with Crippen LogP contribution in [0.2, 0.25) is 0 Å². The number of anilines is 3. The first kappa shape index (κ1) is 27.4. The van der Waals surface area contributed by atoms with Crippen LogP contribution in [0.5, 0.6) is 0 Å². The monoisotopic (exact) mass is 611 g/mol. The molecule has 0 unspecified atom stereocenters. The molecule has 218 valence electrons. The molecule has 1 aliphatic rings. The van der Waals surface area contributed by atoms with E-state index in [1.807, 2.05) is 47.6 Å². The van der Waals surface area contributed by atoms with Crippen LogP contribution in [0, 0.1) is 0 Å². The van der Waals surface area contributed by atoms with E-state index in [1.165, 1.54) is 70.3 Å². The van der Waals surface area contributed by atoms with Crippen molar-refractivity contribution in [2.45, 2.75) is 61.7 Å². The minimum atomic E-state index is 0.892. The number of benzene rings is 3. The molecule has 1 aliphatic heterocycles. The minimum absolute atomic E-state index is 0.892. The normalized spacial score (nSPS) is 12.7. The molecular formula is C37H33N5S2. The van der Waals surface area contributed by atoms with Crippen LogP contribution < -0.4 is 4.90 Å². The predicted octanol–water partition coefficient (Wildman–Crippen LogP) is 11.2. The Hall–Kier alpha value is -4.20. The number of nitrogens with zero attached hydrogens (tertiary/aromatic N) is 4. The van der Waals surface area contributed by atoms with Gasteiger partial charge >= 0.3 is 0 Å². The number of H-pyrrole nitrogens is 1. The number of pyridine rings is 2. The standard InChI is InChI=1S/C37H33N5S2/c1-2-3-4-5-6-7-18-31-28(42-26-16-8-10-19-29(26)43-30-20-11-9-17-27(30)42)23-32(44-31)37-40-35-24-14-12-21-38-33(24)34-25(36(35)41-37)15-13-22-39-34/h8-17,19-23H,2-7,18H2,1H3,(H,40,41). The molecule has 0 atom stereocenters. The molecule has 3 aromatic carbocycles. The molecule has 8 rings (SSSR count). The molecule has 0 saturated heterocycles. The van der Waals surface area contributed by atoms with E-state index in [4.69, 9.17) is 15.0 Å². The Bertz CT molecular complexity index is 2010. The van der Waals surface area contributed by atoms with Gasteiger partial charge in [-0.3, -0.25) is 9.97 Å². The smallest absolute Gasteiger partial charge is 0.148 e. The third-order valence-corrected chi connectivity index (χ3v) is 10.8. The topological polar surface area (TPSA) is 57.7 Å². The molecule has 1 N–H and O–H groups in total. The Morgan fingerprint density at radius 3 is 2.09 bits per heavy atom. The third kappa shape index (κ3) is 4.75. The number of nitrogens with one attached hydrogen (secondary N) is 1. The summed E-state index contributed by atoms with van der Waals surface area (Å²) in [5.74, 6) is 0.898. The van der Waals surface area contributed by atoms with Gasteiger partial charge in [0.1, 0.15) is 5.82 Å². The van der Waals surface area contributed by atoms with Gasteiger partial charge in [-0.2, -0.15) is 0 Å². The van der Waals surface area contributed by atoms with E-state index in [-0.39, 0.29) is 0 Å². The van der Waals surface area contributed by atoms with Gasteiger partial charge in [0.2, 0.25) is 0 Å². The van der Waals surface area contributed by atoms with Crippen molar-refractivity contribution in [3.05, 3.63) is 96.1 Å². The van der Waals surface area contributed by atoms with Crippen molar-refractivity contribution in [1.82, 2.24) is 19.9 Å². The van der Waals surface area contributed by atoms with Gasteiger partial charge in [0.05, 0.1) is 44.0 Å². The molecule has 44 heavy (non-hydrogen) atoms. The SMILES string of the molecule is CCCCCCCCc1sc(-c2nc3c4cccnc4c4ncccc4c3[nH]2)cc1N1c2ccccc2Sc2ccccc21. The first-order chi connectivity index (χ1) is 21.8. The number of hydrogen-bond donors (Lipinski definition) is 1. The van der Waals surface area contributed by atoms with E-state index in [1.54, 1.807) is 0 Å². The summed E-state index contributed by atoms with van der Waals surface area (Å²) < 4.78 is 0. The number of thiophene rings is 1. The lowest BCUT2D eigenvalue weighted by molar-refractivity contribution is 0.609. The second-order valence-electron chi connectivity index (χ2n) is 11.4. The number of aryl methyl sites for hydroxylation is 1. The van der Waals surface area contributed by atoms with Crippen LogP contribution >= 0.6 is 23.1 Å². The van der Waals surface area contributed by atoms with E-state index in [2.05, 4.69) is 83.5 Å². The van der Waals surface area contributed by atoms with Crippen LogP contribution in [0.4, 0.5) is 17.1 Å². The summed E-state index contributed by atoms with van der Waals surface area (Å²) in [5, 5.41) is 2.07. The van der Waals surface area contributed by atoms with Crippen LogP contribution in [0.1, 0.15) is 50.3 Å². The zero-order chi connectivity index (χ0) is 29.5. The number of aromatic nitrogens is 4. The van der Waals surface area contributed by atoms with Crippen molar-refractivity contribution in [2.75, 3.05) is 4.90 Å². The quantitative estimate of drug-likeness (QED) is 0.130. The molecule has 7 aromatic rings. The van der Waals surface area contributed by atoms with E-state index >= 15 is 0 Å². The van der Waals surface area contributed by atoms with E-state index in [0.29, 0.717) is 0 Å². The Morgan fingerprint density at radius 1 is 0.682 bits per heavy atom. The van der Waals surface area contributed by atoms with Crippen molar-refractivity contribution in [3.63, 3.8) is 0 Å². The molecule has 0 fully saturated rings. The van der Waals surface area contributed by atoms with Crippen molar-refractivity contribution >= 4 is 73.0 Å². The number of aromatic amines is 1. The lowest BCUT2D eigenvalue weighted by Crippen LogP contribution is -2.15. The van der Waals surface area contributed by atoms with Gasteiger partial charge in [0.15, 0.2) is 0 Å². The summed E-state index contributed by atoms with van der Waals surface area (Å²) in [6.45, 7) is 2.28. The number of hydrogen-bond acceptors (Lipinski definition) is 6. The summed E-state index contributed by atoms with van der Waals surface area (Å²) in [6, 6.07) is 28.1. The second-order valence-corrected chi connectivity index (χ2v) is 13.6. The molecule has 4 aromatic heterocycles. The van der Waals surface area contributed by atoms with Crippen molar-refractivity contribution in [2.24, 2.45) is 0 Å². The van der Waals surface area contributed by atoms with Crippen LogP contribution in [-0.2, 0) is 6.42 Å². The zero-order valence-corrected chi connectivity index (χ0v) is 26.3. The average Bonchev–Trinajstić information content (AvgIpc) is 3.71. The number of rotatable bonds is 9. The molecule has 0 aliphatic carbocycles. The lowest BCUT2D eigenvalue weighted by Gasteiger charge is -2.33. The van der Waals surface area contributed by atoms with E-state index in [9.17, 15) is 0 Å². The Morgan fingerprint density at radius 2 is 1.34 bits per heavy atom. The molecule has 0 amide bonds. The van der Waals surface area contributed by atoms with Crippen molar-refractivity contribution < 1.29 is 0 Å². The summed E-state index contributed by atoms with van der Waals surface area (Å²) >= 11 is 3.73. The predicted molar refractivity (Wildman–Crippen MR) is 186 cm³/mol. The molecule has 0 saturated carbocycles. The van der Waals surface area contributed by atoms with Crippen LogP contribution in [0.3, 0.4) is 0 Å². The molecule has 5 nitrogen and oxygen atoms in total. The maximum Gasteiger partial charge on any atom is 0.148 e. The summed E-state index contributed by atoms with van der Waals surface area (Å²) in [5.41, 5.74) is 7.50. The number of fused-ring (bicyclic) bond motifs is 8. The van der Waals surface area contributed by atoms with Gasteiger partial charge < -0.3 is 9.88 Å². The first-order valence-electron chi connectivity index (χ1n) is 15.6. The molecule has 5 heterocycles. The van der Waals surface area contributed by atoms with E-state index in [0.717, 1.165) is 50.0 Å². The number of para-hydroxylation sites is 2. The average molecular weight is 612 g/mol. The van der Waals surface area contributed by atoms with Crippen LogP contribution in [-0.4, -0.2) is 19.9 Å². The third-order valence-electron chi connectivity index (χ3n) is 8.52. The van der Waals surface area contributed by atoms with Gasteiger partial charge in [-0.15, -0.1) is 11.3 Å². The van der Waals surface area contributed by atoms with Gasteiger partial charge in [-0.05, 0) is 67.4 Å². The Kier molecular flexibility index (Phi) is 7.28. The molecule has 0 bridgehead atoms. The van der Waals surface area contributed by atoms with Gasteiger partial charge in [0.25, 0.3) is 0 Å². The molecule has 0 spiro atoms. The van der Waals surface area contributed by atoms with Gasteiger partial charge in [-0.1, -0.05) is 75.1 Å². The lowest BCUT2D eigenvalue weighted by atomic mass is 10.1. The highest BCUT2D eigenvalue weighted by Gasteiger charge is 2.28. The second kappa shape index (κ2) is 11.7. The summed E-state index contributed by atoms with van der Waals surface area (Å²) in [6.07, 6.45) is 12.4. The van der Waals surface area contributed by atoms with Crippen molar-refractivity contribution in [1.29, 1.82) is 0 Å². The fourth-order valence-corrected chi connectivity index (χ4v) is 8.58. The Labute approximate surface area is 265 Å². The fourth-order valence-electron chi connectivity index (χ4n) is 6.39. The van der Waals surface area contributed by atoms with Gasteiger partial charge in [-0.25, -0.2) is 4.98 Å². The van der Waals surface area contributed by atoms with Gasteiger partial charge in [0, 0.05) is 37.8 Å². The molecule has 7 heteroatoms. The first-order valence-corrected chi connectivity index (χ1v) is 17.2. The highest BCUT2D eigenvalue weighted by atomic mass is 32.2. The van der Waals surface area contributed by atoms with Crippen LogP contribution in [0.15, 0.2) is 101 Å². The Balaban J connectivity index is 1.28. The van der Waals surface area contributed by atoms with Crippen LogP contribution in [0.25, 0.3) is 43.5 Å². The minimum Gasteiger partial charge on any atom is -0.337 e. The maximum atomic E-state index is 5.24. The van der Waals surface area contributed by atoms with Crippen molar-refractivity contribution in [3.8, 4) is 10.7 Å². The summed E-state index contributed by atoms with van der Waals surface area (Å²) in [4.78, 5) is 26.0. The number of imidazole rings is 1.